The van der Waals surface area contributed by atoms with E-state index >= 15 is 8.78 Å². The summed E-state index contributed by atoms with van der Waals surface area (Å²) in [5, 5.41) is 5.03. The molecule has 1 fully saturated rings. The highest BCUT2D eigenvalue weighted by atomic mass is 19.2. The molecule has 0 aromatic carbocycles. The highest BCUT2D eigenvalue weighted by molar-refractivity contribution is 5.79. The zero-order valence-electron chi connectivity index (χ0n) is 19.7. The van der Waals surface area contributed by atoms with Gasteiger partial charge >= 0.3 is 29.7 Å². The molecule has 1 amide bonds. The minimum absolute atomic E-state index is 0.0736. The molecule has 0 spiro atoms. The van der Waals surface area contributed by atoms with E-state index in [-0.39, 0.29) is 6.54 Å². The molecule has 12 nitrogen and oxygen atoms in total. The van der Waals surface area contributed by atoms with Crippen molar-refractivity contribution in [1.82, 2.24) is 10.6 Å². The van der Waals surface area contributed by atoms with Gasteiger partial charge in [0.05, 0.1) is 19.2 Å². The predicted octanol–water partition coefficient (Wildman–Crippen LogP) is -0.529. The number of halogens is 2. The molecule has 4 unspecified atom stereocenters. The van der Waals surface area contributed by atoms with Crippen molar-refractivity contribution in [1.29, 1.82) is 0 Å². The zero-order chi connectivity index (χ0) is 26.2. The first-order valence-electron chi connectivity index (χ1n) is 10.4. The maximum Gasteiger partial charge on any atom is 0.375 e. The smallest absolute Gasteiger partial charge is 0.375 e. The van der Waals surface area contributed by atoms with Crippen LogP contribution in [-0.2, 0) is 47.7 Å². The molecule has 34 heavy (non-hydrogen) atoms. The number of rotatable bonds is 10. The summed E-state index contributed by atoms with van der Waals surface area (Å²) in [5.41, 5.74) is 0. The van der Waals surface area contributed by atoms with E-state index in [2.05, 4.69) is 15.4 Å². The van der Waals surface area contributed by atoms with Gasteiger partial charge in [-0.1, -0.05) is 6.92 Å². The van der Waals surface area contributed by atoms with Gasteiger partial charge in [0.25, 0.3) is 0 Å². The summed E-state index contributed by atoms with van der Waals surface area (Å²) in [5.74, 6) is -8.75. The Balaban J connectivity index is 3.68. The topological polar surface area (TPSA) is 156 Å². The molecule has 0 aliphatic carbocycles. The molecule has 0 aromatic rings. The second kappa shape index (κ2) is 12.6. The van der Waals surface area contributed by atoms with Crippen LogP contribution in [0.4, 0.5) is 8.78 Å². The number of alkyl halides is 2. The Kier molecular flexibility index (Phi) is 10.8. The van der Waals surface area contributed by atoms with Crippen LogP contribution < -0.4 is 10.6 Å². The standard InChI is InChI=1S/C20H30F2N2O10/c1-7-23-15-14(24-9(2)25)17(34-20(22,18(15)21)19(29)30-6)16(33-12(5)28)13(32-11(4)27)8-31-10(3)26/h13-18,23H,7-8H2,1-6H3,(H,24,25)/t13-,14?,15?,16-,17?,18-,20?/m1/s1. The molecular formula is C20H30F2N2O10. The highest BCUT2D eigenvalue weighted by Gasteiger charge is 2.64. The number of likely N-dealkylation sites (N-methyl/N-ethyl adjacent to an activating group) is 1. The number of carbonyl (C=O) groups excluding carboxylic acids is 5. The van der Waals surface area contributed by atoms with E-state index in [9.17, 15) is 24.0 Å². The molecular weight excluding hydrogens is 466 g/mol. The second-order valence-electron chi connectivity index (χ2n) is 7.46. The normalized spacial score (nSPS) is 28.1. The van der Waals surface area contributed by atoms with Gasteiger partial charge in [-0.25, -0.2) is 9.18 Å². The largest absolute Gasteiger partial charge is 0.465 e. The number of nitrogens with one attached hydrogen (secondary N) is 2. The summed E-state index contributed by atoms with van der Waals surface area (Å²) in [6, 6.07) is -3.03. The molecule has 14 heteroatoms. The molecule has 1 heterocycles. The summed E-state index contributed by atoms with van der Waals surface area (Å²) in [6.07, 6.45) is -7.82. The van der Waals surface area contributed by atoms with E-state index in [1.165, 1.54) is 0 Å². The Hall–Kier alpha value is -2.87. The maximum absolute atomic E-state index is 15.7. The minimum atomic E-state index is -3.69. The van der Waals surface area contributed by atoms with Crippen molar-refractivity contribution in [2.24, 2.45) is 0 Å². The van der Waals surface area contributed by atoms with Gasteiger partial charge in [0.1, 0.15) is 12.7 Å². The van der Waals surface area contributed by atoms with Gasteiger partial charge in [0, 0.05) is 27.7 Å². The van der Waals surface area contributed by atoms with Gasteiger partial charge < -0.3 is 34.3 Å². The van der Waals surface area contributed by atoms with Crippen LogP contribution in [0.2, 0.25) is 0 Å². The van der Waals surface area contributed by atoms with Gasteiger partial charge in [-0.3, -0.25) is 19.2 Å². The van der Waals surface area contributed by atoms with Crippen molar-refractivity contribution in [3.8, 4) is 0 Å². The monoisotopic (exact) mass is 496 g/mol. The fourth-order valence-corrected chi connectivity index (χ4v) is 3.55. The third kappa shape index (κ3) is 7.32. The van der Waals surface area contributed by atoms with E-state index in [1.54, 1.807) is 6.92 Å². The fraction of sp³-hybridized carbons (Fsp3) is 0.750. The minimum Gasteiger partial charge on any atom is -0.465 e. The molecule has 0 radical (unpaired) electrons. The van der Waals surface area contributed by atoms with Crippen LogP contribution in [-0.4, -0.2) is 92.5 Å². The fourth-order valence-electron chi connectivity index (χ4n) is 3.55. The van der Waals surface area contributed by atoms with Crippen LogP contribution >= 0.6 is 0 Å². The number of methoxy groups -OCH3 is 1. The van der Waals surface area contributed by atoms with E-state index < -0.39 is 78.8 Å². The lowest BCUT2D eigenvalue weighted by molar-refractivity contribution is -0.282. The molecule has 1 aliphatic rings. The van der Waals surface area contributed by atoms with Crippen LogP contribution in [0.3, 0.4) is 0 Å². The molecule has 1 aliphatic heterocycles. The molecule has 0 bridgehead atoms. The van der Waals surface area contributed by atoms with Crippen molar-refractivity contribution < 1.29 is 56.4 Å². The quantitative estimate of drug-likeness (QED) is 0.296. The van der Waals surface area contributed by atoms with E-state index in [0.717, 1.165) is 34.8 Å². The maximum atomic E-state index is 15.7. The summed E-state index contributed by atoms with van der Waals surface area (Å²) in [6.45, 7) is 5.10. The Morgan fingerprint density at radius 1 is 1.00 bits per heavy atom. The van der Waals surface area contributed by atoms with Crippen LogP contribution in [0.25, 0.3) is 0 Å². The summed E-state index contributed by atoms with van der Waals surface area (Å²) in [4.78, 5) is 59.0. The first-order valence-corrected chi connectivity index (χ1v) is 10.4. The number of amides is 1. The summed E-state index contributed by atoms with van der Waals surface area (Å²) < 4.78 is 55.7. The van der Waals surface area contributed by atoms with Gasteiger partial charge in [0.2, 0.25) is 5.91 Å². The van der Waals surface area contributed by atoms with Crippen LogP contribution in [0, 0.1) is 0 Å². The molecule has 1 saturated heterocycles. The third-order valence-corrected chi connectivity index (χ3v) is 4.75. The molecule has 1 rings (SSSR count). The van der Waals surface area contributed by atoms with Crippen molar-refractivity contribution in [3.05, 3.63) is 0 Å². The summed E-state index contributed by atoms with van der Waals surface area (Å²) >= 11 is 0. The first-order chi connectivity index (χ1) is 15.8. The lowest BCUT2D eigenvalue weighted by Crippen LogP contribution is -2.74. The average Bonchev–Trinajstić information content (AvgIpc) is 2.73. The Labute approximate surface area is 194 Å². The van der Waals surface area contributed by atoms with Crippen molar-refractivity contribution in [2.45, 2.75) is 77.0 Å². The lowest BCUT2D eigenvalue weighted by Gasteiger charge is -2.48. The Morgan fingerprint density at radius 3 is 2.03 bits per heavy atom. The lowest BCUT2D eigenvalue weighted by atomic mass is 9.85. The number of esters is 4. The molecule has 2 N–H and O–H groups in total. The van der Waals surface area contributed by atoms with Gasteiger partial charge in [-0.05, 0) is 6.54 Å². The average molecular weight is 496 g/mol. The van der Waals surface area contributed by atoms with Gasteiger partial charge in [-0.2, -0.15) is 4.39 Å². The third-order valence-electron chi connectivity index (χ3n) is 4.75. The highest BCUT2D eigenvalue weighted by Crippen LogP contribution is 2.37. The van der Waals surface area contributed by atoms with E-state index in [4.69, 9.17) is 18.9 Å². The van der Waals surface area contributed by atoms with Crippen LogP contribution in [0.15, 0.2) is 0 Å². The first kappa shape index (κ1) is 29.2. The second-order valence-corrected chi connectivity index (χ2v) is 7.46. The molecule has 0 saturated carbocycles. The Morgan fingerprint density at radius 2 is 1.59 bits per heavy atom. The van der Waals surface area contributed by atoms with E-state index in [1.807, 2.05) is 0 Å². The molecule has 0 aromatic heterocycles. The molecule has 7 atom stereocenters. The summed E-state index contributed by atoms with van der Waals surface area (Å²) in [7, 11) is 0.808. The van der Waals surface area contributed by atoms with Crippen molar-refractivity contribution in [3.63, 3.8) is 0 Å². The van der Waals surface area contributed by atoms with Crippen LogP contribution in [0.5, 0.6) is 0 Å². The van der Waals surface area contributed by atoms with Crippen molar-refractivity contribution >= 4 is 29.8 Å². The Bertz CT molecular complexity index is 782. The number of ether oxygens (including phenoxy) is 5. The van der Waals surface area contributed by atoms with Gasteiger partial charge in [0.15, 0.2) is 18.4 Å². The van der Waals surface area contributed by atoms with Gasteiger partial charge in [-0.15, -0.1) is 0 Å². The zero-order valence-corrected chi connectivity index (χ0v) is 19.7. The van der Waals surface area contributed by atoms with Crippen LogP contribution in [0.1, 0.15) is 34.6 Å². The van der Waals surface area contributed by atoms with E-state index in [0.29, 0.717) is 0 Å². The number of hydrogen-bond donors (Lipinski definition) is 2. The SMILES string of the molecule is CCNC1C(NC(C)=O)C([C@H](OC(C)=O)[C@@H](COC(C)=O)OC(C)=O)OC(F)(C(=O)OC)[C@@H]1F. The van der Waals surface area contributed by atoms with Crippen molar-refractivity contribution in [2.75, 3.05) is 20.3 Å². The molecule has 194 valence electrons. The number of hydrogen-bond acceptors (Lipinski definition) is 11. The number of carbonyl (C=O) groups is 5. The predicted molar refractivity (Wildman–Crippen MR) is 108 cm³/mol.